The van der Waals surface area contributed by atoms with Gasteiger partial charge in [-0.2, -0.15) is 11.8 Å². The van der Waals surface area contributed by atoms with Gasteiger partial charge in [-0.05, 0) is 20.1 Å². The fraction of sp³-hybridized carbons (Fsp3) is 0.800. The highest BCUT2D eigenvalue weighted by molar-refractivity contribution is 7.99. The molecule has 3 heteroatoms. The molecule has 0 aromatic rings. The normalized spacial score (nSPS) is 16.1. The summed E-state index contributed by atoms with van der Waals surface area (Å²) < 4.78 is 0. The lowest BCUT2D eigenvalue weighted by Gasteiger charge is -2.02. The van der Waals surface area contributed by atoms with Crippen LogP contribution in [0.25, 0.3) is 0 Å². The van der Waals surface area contributed by atoms with Crippen molar-refractivity contribution >= 4 is 17.5 Å². The summed E-state index contributed by atoms with van der Waals surface area (Å²) in [5.41, 5.74) is 0.775. The zero-order chi connectivity index (χ0) is 6.57. The topological polar surface area (TPSA) is 32.6 Å². The van der Waals surface area contributed by atoms with E-state index in [0.29, 0.717) is 5.25 Å². The van der Waals surface area contributed by atoms with Crippen LogP contribution in [0.1, 0.15) is 13.8 Å². The standard InChI is InChI=1S/C5H11NOS/c1-4(6-7)5(2)8-3/h5,7H,1-3H3/b6-4+/t5-/m1/s1. The first kappa shape index (κ1) is 7.82. The molecule has 0 rings (SSSR count). The molecule has 0 aliphatic heterocycles. The Kier molecular flexibility index (Phi) is 3.69. The first-order chi connectivity index (χ1) is 3.72. The van der Waals surface area contributed by atoms with Crippen LogP contribution in [0.15, 0.2) is 5.16 Å². The summed E-state index contributed by atoms with van der Waals surface area (Å²) in [7, 11) is 0. The van der Waals surface area contributed by atoms with Crippen LogP contribution in [-0.4, -0.2) is 22.4 Å². The third-order valence-electron chi connectivity index (χ3n) is 1.10. The first-order valence-corrected chi connectivity index (χ1v) is 3.72. The van der Waals surface area contributed by atoms with Crippen molar-refractivity contribution in [1.82, 2.24) is 0 Å². The summed E-state index contributed by atoms with van der Waals surface area (Å²) in [6.45, 7) is 3.81. The van der Waals surface area contributed by atoms with Gasteiger partial charge in [0.15, 0.2) is 0 Å². The fourth-order valence-corrected chi connectivity index (χ4v) is 0.640. The number of hydrogen-bond donors (Lipinski definition) is 1. The quantitative estimate of drug-likeness (QED) is 0.352. The second kappa shape index (κ2) is 3.78. The van der Waals surface area contributed by atoms with E-state index in [1.165, 1.54) is 0 Å². The van der Waals surface area contributed by atoms with E-state index in [9.17, 15) is 0 Å². The van der Waals surface area contributed by atoms with Gasteiger partial charge in [-0.25, -0.2) is 0 Å². The Morgan fingerprint density at radius 3 is 2.38 bits per heavy atom. The maximum atomic E-state index is 8.21. The van der Waals surface area contributed by atoms with Crippen LogP contribution in [0.4, 0.5) is 0 Å². The van der Waals surface area contributed by atoms with E-state index in [1.807, 2.05) is 13.2 Å². The molecular formula is C5H11NOS. The van der Waals surface area contributed by atoms with Crippen molar-refractivity contribution in [2.75, 3.05) is 6.26 Å². The molecule has 0 saturated carbocycles. The Hall–Kier alpha value is -0.180. The maximum absolute atomic E-state index is 8.21. The van der Waals surface area contributed by atoms with E-state index in [-0.39, 0.29) is 0 Å². The predicted molar refractivity (Wildman–Crippen MR) is 37.9 cm³/mol. The Morgan fingerprint density at radius 1 is 1.75 bits per heavy atom. The lowest BCUT2D eigenvalue weighted by molar-refractivity contribution is 0.318. The molecule has 0 spiro atoms. The van der Waals surface area contributed by atoms with Gasteiger partial charge in [0, 0.05) is 5.25 Å². The van der Waals surface area contributed by atoms with Gasteiger partial charge in [0.05, 0.1) is 5.71 Å². The van der Waals surface area contributed by atoms with Crippen LogP contribution in [0.3, 0.4) is 0 Å². The minimum Gasteiger partial charge on any atom is -0.411 e. The van der Waals surface area contributed by atoms with E-state index < -0.39 is 0 Å². The minimum absolute atomic E-state index is 0.333. The summed E-state index contributed by atoms with van der Waals surface area (Å²) in [4.78, 5) is 0. The molecule has 8 heavy (non-hydrogen) atoms. The highest BCUT2D eigenvalue weighted by Gasteiger charge is 2.01. The Balaban J connectivity index is 3.63. The zero-order valence-electron chi connectivity index (χ0n) is 5.38. The molecule has 0 radical (unpaired) electrons. The van der Waals surface area contributed by atoms with Gasteiger partial charge in [0.2, 0.25) is 0 Å². The molecule has 0 saturated heterocycles. The number of oxime groups is 1. The molecule has 0 aromatic heterocycles. The van der Waals surface area contributed by atoms with Crippen molar-refractivity contribution in [2.24, 2.45) is 5.16 Å². The average molecular weight is 133 g/mol. The van der Waals surface area contributed by atoms with Crippen molar-refractivity contribution < 1.29 is 5.21 Å². The molecule has 2 nitrogen and oxygen atoms in total. The number of thioether (sulfide) groups is 1. The highest BCUT2D eigenvalue weighted by atomic mass is 32.2. The van der Waals surface area contributed by atoms with Crippen molar-refractivity contribution in [1.29, 1.82) is 0 Å². The molecule has 0 bridgehead atoms. The van der Waals surface area contributed by atoms with Crippen LogP contribution in [0.5, 0.6) is 0 Å². The number of hydrogen-bond acceptors (Lipinski definition) is 3. The van der Waals surface area contributed by atoms with Gasteiger partial charge in [-0.15, -0.1) is 0 Å². The van der Waals surface area contributed by atoms with E-state index in [2.05, 4.69) is 5.16 Å². The molecule has 0 aliphatic carbocycles. The maximum Gasteiger partial charge on any atom is 0.0666 e. The van der Waals surface area contributed by atoms with E-state index in [0.717, 1.165) is 5.71 Å². The first-order valence-electron chi connectivity index (χ1n) is 2.43. The SMILES string of the molecule is CS[C@H](C)/C(C)=N/O. The van der Waals surface area contributed by atoms with E-state index >= 15 is 0 Å². The second-order valence-electron chi connectivity index (χ2n) is 1.62. The van der Waals surface area contributed by atoms with Crippen molar-refractivity contribution in [3.63, 3.8) is 0 Å². The monoisotopic (exact) mass is 133 g/mol. The molecule has 0 fully saturated rings. The minimum atomic E-state index is 0.333. The van der Waals surface area contributed by atoms with Crippen molar-refractivity contribution in [2.45, 2.75) is 19.1 Å². The van der Waals surface area contributed by atoms with Gasteiger partial charge in [-0.3, -0.25) is 0 Å². The largest absolute Gasteiger partial charge is 0.411 e. The Bertz CT molecular complexity index is 92.4. The smallest absolute Gasteiger partial charge is 0.0666 e. The predicted octanol–water partition coefficient (Wildman–Crippen LogP) is 1.59. The molecule has 0 unspecified atom stereocenters. The van der Waals surface area contributed by atoms with E-state index in [1.54, 1.807) is 18.7 Å². The van der Waals surface area contributed by atoms with Gasteiger partial charge < -0.3 is 5.21 Å². The summed E-state index contributed by atoms with van der Waals surface area (Å²) in [5, 5.41) is 11.6. The number of nitrogens with zero attached hydrogens (tertiary/aromatic N) is 1. The van der Waals surface area contributed by atoms with Crippen LogP contribution in [0, 0.1) is 0 Å². The molecule has 0 amide bonds. The molecule has 0 heterocycles. The lowest BCUT2D eigenvalue weighted by Crippen LogP contribution is -2.07. The summed E-state index contributed by atoms with van der Waals surface area (Å²) >= 11 is 1.67. The lowest BCUT2D eigenvalue weighted by atomic mass is 10.3. The third-order valence-corrected chi connectivity index (χ3v) is 2.15. The molecule has 48 valence electrons. The Morgan fingerprint density at radius 2 is 2.25 bits per heavy atom. The van der Waals surface area contributed by atoms with E-state index in [4.69, 9.17) is 5.21 Å². The summed E-state index contributed by atoms with van der Waals surface area (Å²) in [6.07, 6.45) is 1.99. The van der Waals surface area contributed by atoms with Gasteiger partial charge in [-0.1, -0.05) is 5.16 Å². The molecular weight excluding hydrogens is 122 g/mol. The fourth-order valence-electron chi connectivity index (χ4n) is 0.252. The van der Waals surface area contributed by atoms with Crippen LogP contribution in [0.2, 0.25) is 0 Å². The van der Waals surface area contributed by atoms with Gasteiger partial charge >= 0.3 is 0 Å². The zero-order valence-corrected chi connectivity index (χ0v) is 6.20. The summed E-state index contributed by atoms with van der Waals surface area (Å²) in [5.74, 6) is 0. The van der Waals surface area contributed by atoms with Crippen LogP contribution >= 0.6 is 11.8 Å². The van der Waals surface area contributed by atoms with Crippen LogP contribution in [-0.2, 0) is 0 Å². The molecule has 1 N–H and O–H groups in total. The Labute approximate surface area is 54.0 Å². The molecule has 0 aromatic carbocycles. The average Bonchev–Trinajstić information content (AvgIpc) is 1.84. The summed E-state index contributed by atoms with van der Waals surface area (Å²) in [6, 6.07) is 0. The molecule has 0 aliphatic rings. The van der Waals surface area contributed by atoms with Gasteiger partial charge in [0.1, 0.15) is 0 Å². The third kappa shape index (κ3) is 2.21. The molecule has 1 atom stereocenters. The van der Waals surface area contributed by atoms with Crippen LogP contribution < -0.4 is 0 Å². The highest BCUT2D eigenvalue weighted by Crippen LogP contribution is 2.05. The van der Waals surface area contributed by atoms with Gasteiger partial charge in [0.25, 0.3) is 0 Å². The van der Waals surface area contributed by atoms with Crippen molar-refractivity contribution in [3.8, 4) is 0 Å². The second-order valence-corrected chi connectivity index (χ2v) is 2.80. The van der Waals surface area contributed by atoms with Crippen molar-refractivity contribution in [3.05, 3.63) is 0 Å². The number of rotatable bonds is 2.